The van der Waals surface area contributed by atoms with E-state index in [-0.39, 0.29) is 11.1 Å². The molecule has 0 saturated carbocycles. The minimum atomic E-state index is -4.12. The van der Waals surface area contributed by atoms with E-state index in [2.05, 4.69) is 0 Å². The second-order valence-electron chi connectivity index (χ2n) is 4.29. The van der Waals surface area contributed by atoms with E-state index < -0.39 is 37.9 Å². The van der Waals surface area contributed by atoms with Crippen molar-refractivity contribution in [3.8, 4) is 6.07 Å². The van der Waals surface area contributed by atoms with Crippen LogP contribution in [0.5, 0.6) is 0 Å². The quantitative estimate of drug-likeness (QED) is 0.819. The topological polar surface area (TPSA) is 57.9 Å². The molecule has 2 rings (SSSR count). The highest BCUT2D eigenvalue weighted by Gasteiger charge is 2.21. The second kappa shape index (κ2) is 5.58. The Balaban J connectivity index is 2.42. The van der Waals surface area contributed by atoms with E-state index in [1.165, 1.54) is 6.07 Å². The van der Waals surface area contributed by atoms with E-state index in [4.69, 9.17) is 5.26 Å². The van der Waals surface area contributed by atoms with Gasteiger partial charge in [-0.3, -0.25) is 0 Å². The SMILES string of the molecule is N#Cc1cc(F)cc(CS(=O)(=O)c2ccc(F)cc2F)c1. The van der Waals surface area contributed by atoms with Crippen LogP contribution < -0.4 is 0 Å². The summed E-state index contributed by atoms with van der Waals surface area (Å²) in [4.78, 5) is -0.674. The molecule has 7 heteroatoms. The van der Waals surface area contributed by atoms with E-state index in [0.717, 1.165) is 24.3 Å². The normalized spacial score (nSPS) is 11.1. The van der Waals surface area contributed by atoms with Crippen LogP contribution in [0.1, 0.15) is 11.1 Å². The molecule has 0 spiro atoms. The molecule has 0 aromatic heterocycles. The minimum absolute atomic E-state index is 0.00951. The van der Waals surface area contributed by atoms with Crippen LogP contribution >= 0.6 is 0 Å². The highest BCUT2D eigenvalue weighted by Crippen LogP contribution is 2.21. The molecule has 2 aromatic carbocycles. The summed E-state index contributed by atoms with van der Waals surface area (Å²) in [5.41, 5.74) is -0.0324. The number of hydrogen-bond donors (Lipinski definition) is 0. The molecule has 0 amide bonds. The van der Waals surface area contributed by atoms with Crippen molar-refractivity contribution in [2.75, 3.05) is 0 Å². The summed E-state index contributed by atoms with van der Waals surface area (Å²) in [5.74, 6) is -3.57. The molecule has 0 aliphatic carbocycles. The maximum atomic E-state index is 13.5. The molecule has 0 fully saturated rings. The number of hydrogen-bond acceptors (Lipinski definition) is 3. The van der Waals surface area contributed by atoms with Crippen LogP contribution in [0.25, 0.3) is 0 Å². The number of halogens is 3. The predicted octanol–water partition coefficient (Wildman–Crippen LogP) is 2.95. The maximum Gasteiger partial charge on any atom is 0.185 e. The van der Waals surface area contributed by atoms with Gasteiger partial charge in [0, 0.05) is 6.07 Å². The minimum Gasteiger partial charge on any atom is -0.223 e. The van der Waals surface area contributed by atoms with E-state index in [0.29, 0.717) is 6.07 Å². The Labute approximate surface area is 119 Å². The lowest BCUT2D eigenvalue weighted by Gasteiger charge is -2.06. The Morgan fingerprint density at radius 3 is 2.33 bits per heavy atom. The first-order chi connectivity index (χ1) is 9.81. The standard InChI is InChI=1S/C14H8F3NO2S/c15-11-1-2-14(13(17)6-11)21(19,20)8-10-3-9(7-18)4-12(16)5-10/h1-6H,8H2. The molecule has 0 N–H and O–H groups in total. The van der Waals surface area contributed by atoms with Gasteiger partial charge in [-0.2, -0.15) is 5.26 Å². The van der Waals surface area contributed by atoms with Gasteiger partial charge in [0.05, 0.1) is 17.4 Å². The number of nitrogens with zero attached hydrogens (tertiary/aromatic N) is 1. The molecule has 0 aliphatic rings. The third-order valence-electron chi connectivity index (χ3n) is 2.67. The van der Waals surface area contributed by atoms with Crippen molar-refractivity contribution >= 4 is 9.84 Å². The summed E-state index contributed by atoms with van der Waals surface area (Å²) in [7, 11) is -4.12. The maximum absolute atomic E-state index is 13.5. The van der Waals surface area contributed by atoms with Crippen LogP contribution in [-0.2, 0) is 15.6 Å². The van der Waals surface area contributed by atoms with Crippen molar-refractivity contribution in [1.29, 1.82) is 5.26 Å². The molecule has 0 heterocycles. The number of nitriles is 1. The van der Waals surface area contributed by atoms with Gasteiger partial charge in [0.1, 0.15) is 22.3 Å². The van der Waals surface area contributed by atoms with Crippen LogP contribution in [0.4, 0.5) is 13.2 Å². The van der Waals surface area contributed by atoms with Crippen LogP contribution in [0.2, 0.25) is 0 Å². The van der Waals surface area contributed by atoms with Crippen molar-refractivity contribution in [2.24, 2.45) is 0 Å². The average molecular weight is 311 g/mol. The first-order valence-corrected chi connectivity index (χ1v) is 7.34. The fraction of sp³-hybridized carbons (Fsp3) is 0.0714. The van der Waals surface area contributed by atoms with Gasteiger partial charge in [0.25, 0.3) is 0 Å². The molecule has 108 valence electrons. The molecule has 2 aromatic rings. The third-order valence-corrected chi connectivity index (χ3v) is 4.39. The Kier molecular flexibility index (Phi) is 4.00. The molecular formula is C14H8F3NO2S. The molecule has 21 heavy (non-hydrogen) atoms. The summed E-state index contributed by atoms with van der Waals surface area (Å²) < 4.78 is 63.7. The monoisotopic (exact) mass is 311 g/mol. The van der Waals surface area contributed by atoms with Gasteiger partial charge in [-0.05, 0) is 35.9 Å². The number of benzene rings is 2. The molecular weight excluding hydrogens is 303 g/mol. The van der Waals surface area contributed by atoms with Gasteiger partial charge in [-0.25, -0.2) is 21.6 Å². The summed E-state index contributed by atoms with van der Waals surface area (Å²) in [6, 6.07) is 6.88. The van der Waals surface area contributed by atoms with E-state index in [1.54, 1.807) is 6.07 Å². The van der Waals surface area contributed by atoms with Crippen LogP contribution in [-0.4, -0.2) is 8.42 Å². The molecule has 3 nitrogen and oxygen atoms in total. The van der Waals surface area contributed by atoms with Gasteiger partial charge in [0.2, 0.25) is 0 Å². The highest BCUT2D eigenvalue weighted by molar-refractivity contribution is 7.90. The Morgan fingerprint density at radius 2 is 1.71 bits per heavy atom. The number of rotatable bonds is 3. The lowest BCUT2D eigenvalue weighted by Crippen LogP contribution is -2.08. The Bertz CT molecular complexity index is 842. The Hall–Kier alpha value is -2.33. The summed E-state index contributed by atoms with van der Waals surface area (Å²) in [6.45, 7) is 0. The van der Waals surface area contributed by atoms with E-state index in [1.807, 2.05) is 0 Å². The largest absolute Gasteiger partial charge is 0.223 e. The summed E-state index contributed by atoms with van der Waals surface area (Å²) >= 11 is 0. The predicted molar refractivity (Wildman–Crippen MR) is 68.4 cm³/mol. The smallest absolute Gasteiger partial charge is 0.185 e. The van der Waals surface area contributed by atoms with Gasteiger partial charge in [0.15, 0.2) is 9.84 Å². The first-order valence-electron chi connectivity index (χ1n) is 5.69. The van der Waals surface area contributed by atoms with Crippen molar-refractivity contribution < 1.29 is 21.6 Å². The van der Waals surface area contributed by atoms with Gasteiger partial charge in [-0.1, -0.05) is 0 Å². The molecule has 0 unspecified atom stereocenters. The fourth-order valence-corrected chi connectivity index (χ4v) is 3.22. The van der Waals surface area contributed by atoms with E-state index in [9.17, 15) is 21.6 Å². The summed E-state index contributed by atoms with van der Waals surface area (Å²) in [6.07, 6.45) is 0. The van der Waals surface area contributed by atoms with E-state index >= 15 is 0 Å². The molecule has 0 radical (unpaired) electrons. The molecule has 0 saturated heterocycles. The first kappa shape index (κ1) is 15.1. The van der Waals surface area contributed by atoms with Crippen molar-refractivity contribution in [1.82, 2.24) is 0 Å². The average Bonchev–Trinajstić information content (AvgIpc) is 2.36. The molecule has 0 atom stereocenters. The van der Waals surface area contributed by atoms with Gasteiger partial charge < -0.3 is 0 Å². The van der Waals surface area contributed by atoms with Crippen molar-refractivity contribution in [3.63, 3.8) is 0 Å². The summed E-state index contributed by atoms with van der Waals surface area (Å²) in [5, 5.41) is 8.71. The van der Waals surface area contributed by atoms with Crippen LogP contribution in [0.15, 0.2) is 41.3 Å². The molecule has 0 aliphatic heterocycles. The third kappa shape index (κ3) is 3.41. The lowest BCUT2D eigenvalue weighted by atomic mass is 10.1. The van der Waals surface area contributed by atoms with Crippen LogP contribution in [0.3, 0.4) is 0 Å². The molecule has 0 bridgehead atoms. The second-order valence-corrected chi connectivity index (χ2v) is 6.25. The van der Waals surface area contributed by atoms with Crippen molar-refractivity contribution in [2.45, 2.75) is 10.6 Å². The van der Waals surface area contributed by atoms with Crippen LogP contribution in [0, 0.1) is 28.8 Å². The van der Waals surface area contributed by atoms with Gasteiger partial charge >= 0.3 is 0 Å². The fourth-order valence-electron chi connectivity index (χ4n) is 1.82. The zero-order chi connectivity index (χ0) is 15.6. The zero-order valence-corrected chi connectivity index (χ0v) is 11.3. The lowest BCUT2D eigenvalue weighted by molar-refractivity contribution is 0.548. The Morgan fingerprint density at radius 1 is 1.00 bits per heavy atom. The van der Waals surface area contributed by atoms with Gasteiger partial charge in [-0.15, -0.1) is 0 Å². The number of sulfone groups is 1. The highest BCUT2D eigenvalue weighted by atomic mass is 32.2. The van der Waals surface area contributed by atoms with Crippen molar-refractivity contribution in [3.05, 3.63) is 65.0 Å². The zero-order valence-electron chi connectivity index (χ0n) is 10.5.